The molecule has 0 spiro atoms. The first-order valence-corrected chi connectivity index (χ1v) is 29.9. The normalized spacial score (nSPS) is 16.6. The van der Waals surface area contributed by atoms with Gasteiger partial charge in [-0.25, -0.2) is 4.98 Å². The Kier molecular flexibility index (Phi) is 11.1. The molecule has 0 bridgehead atoms. The van der Waals surface area contributed by atoms with E-state index in [-0.39, 0.29) is 87.3 Å². The van der Waals surface area contributed by atoms with Crippen LogP contribution in [0.4, 0.5) is 22.7 Å². The minimum absolute atomic E-state index is 0.00283. The highest BCUT2D eigenvalue weighted by molar-refractivity contribution is 6.09. The van der Waals surface area contributed by atoms with Crippen LogP contribution in [0.2, 0.25) is 0 Å². The number of hydrogen-bond donors (Lipinski definition) is 0. The molecule has 0 amide bonds. The summed E-state index contributed by atoms with van der Waals surface area (Å²) < 4.78 is 103. The zero-order chi connectivity index (χ0) is 67.9. The molecule has 5 heteroatoms. The number of aromatic nitrogens is 2. The monoisotopic (exact) mass is 1120 g/mol. The Morgan fingerprint density at radius 1 is 0.553 bits per heavy atom. The van der Waals surface area contributed by atoms with Crippen LogP contribution in [-0.2, 0) is 28.0 Å². The molecule has 5 nitrogen and oxygen atoms in total. The SMILES string of the molecule is [2H]c1c([2H])c(-c2ccccc2)c([2H])c(-c2cccc(-c3cc(C(C)(C)C)cc(C(C)(C)C)c3)c2N2CN(c3cccc(Oc4ccc5c6c([2H])c([2H])c([2H])c([2H])c6n(-c6cc(C([2H])([2H])C(C)C)c(-c7cccc8c7C(C)(C)CCC8(C)C)cn6)c5c4)c3)c3ccccc32)c1[2H]. The molecule has 0 saturated heterocycles. The zero-order valence-electron chi connectivity index (χ0n) is 61.0. The van der Waals surface area contributed by atoms with E-state index in [1.807, 2.05) is 105 Å². The molecule has 9 aromatic carbocycles. The van der Waals surface area contributed by atoms with Crippen LogP contribution in [-0.4, -0.2) is 16.2 Å². The van der Waals surface area contributed by atoms with Crippen LogP contribution in [0.15, 0.2) is 212 Å². The van der Waals surface area contributed by atoms with Crippen molar-refractivity contribution in [1.82, 2.24) is 9.55 Å². The number of benzene rings is 9. The van der Waals surface area contributed by atoms with Crippen LogP contribution in [0, 0.1) is 5.92 Å². The summed E-state index contributed by atoms with van der Waals surface area (Å²) in [5.74, 6) is 0.751. The maximum absolute atomic E-state index is 9.99. The number of pyridine rings is 1. The maximum atomic E-state index is 9.99. The third kappa shape index (κ3) is 10.3. The molecule has 3 heterocycles. The van der Waals surface area contributed by atoms with E-state index in [4.69, 9.17) is 12.5 Å². The number of anilines is 4. The molecule has 2 aliphatic rings. The summed E-state index contributed by atoms with van der Waals surface area (Å²) in [5, 5.41) is 0.851. The average Bonchev–Trinajstić information content (AvgIpc) is 1.35. The fraction of sp³-hybridized carbons (Fsp3) is 0.263. The largest absolute Gasteiger partial charge is 0.457 e. The van der Waals surface area contributed by atoms with Crippen LogP contribution in [0.25, 0.3) is 72.1 Å². The lowest BCUT2D eigenvalue weighted by atomic mass is 9.61. The summed E-state index contributed by atoms with van der Waals surface area (Å²) in [6.45, 7) is 26.4. The topological polar surface area (TPSA) is 33.5 Å². The molecule has 0 N–H and O–H groups in total. The number of nitrogens with zero attached hydrogens (tertiary/aromatic N) is 4. The van der Waals surface area contributed by atoms with Gasteiger partial charge in [0.05, 0.1) is 39.1 Å². The minimum Gasteiger partial charge on any atom is -0.457 e. The Balaban J connectivity index is 0.951. The van der Waals surface area contributed by atoms with Crippen LogP contribution >= 0.6 is 0 Å². The first kappa shape index (κ1) is 44.8. The Bertz CT molecular complexity index is 4910. The van der Waals surface area contributed by atoms with E-state index in [0.29, 0.717) is 55.9 Å². The Labute approximate surface area is 518 Å². The first-order chi connectivity index (χ1) is 44.8. The molecule has 426 valence electrons. The summed E-state index contributed by atoms with van der Waals surface area (Å²) in [7, 11) is 0. The molecule has 11 aromatic rings. The number of rotatable bonds is 11. The van der Waals surface area contributed by atoms with E-state index in [0.717, 1.165) is 63.4 Å². The van der Waals surface area contributed by atoms with Gasteiger partial charge in [-0.15, -0.1) is 0 Å². The lowest BCUT2D eigenvalue weighted by molar-refractivity contribution is 0.333. The Hall–Kier alpha value is -8.67. The van der Waals surface area contributed by atoms with Crippen molar-refractivity contribution < 1.29 is 18.4 Å². The van der Waals surface area contributed by atoms with Gasteiger partial charge in [0.25, 0.3) is 0 Å². The molecular weight excluding hydrogens is 1030 g/mol. The number of fused-ring (bicyclic) bond motifs is 5. The van der Waals surface area contributed by atoms with Crippen molar-refractivity contribution >= 4 is 44.6 Å². The van der Waals surface area contributed by atoms with Crippen molar-refractivity contribution in [2.75, 3.05) is 16.5 Å². The number of ether oxygens (including phenoxy) is 1. The van der Waals surface area contributed by atoms with Gasteiger partial charge < -0.3 is 14.5 Å². The predicted molar refractivity (Wildman–Crippen MR) is 360 cm³/mol. The second kappa shape index (κ2) is 21.1. The van der Waals surface area contributed by atoms with Gasteiger partial charge >= 0.3 is 0 Å². The van der Waals surface area contributed by atoms with E-state index in [1.54, 1.807) is 22.9 Å². The van der Waals surface area contributed by atoms with Crippen molar-refractivity contribution in [3.63, 3.8) is 0 Å². The lowest BCUT2D eigenvalue weighted by Gasteiger charge is -2.43. The van der Waals surface area contributed by atoms with Crippen LogP contribution < -0.4 is 14.5 Å². The number of para-hydroxylation sites is 4. The standard InChI is InChI=1S/C80H80N4O/c1-52(2)42-56-46-74(81-50-68(56)67-33-23-34-69-75(67)80(11,12)41-40-79(69,9)10)84-70-35-17-16-30-65(70)66-39-38-62(49-73(66)84)85-61-29-21-28-60(48-61)82-51-83(72-37-19-18-36-71(72)82)76-63(55-27-20-26-54(43-55)53-24-14-13-15-25-53)31-22-32-64(76)57-44-58(77(3,4)5)47-59(45-57)78(6,7)8/h13-39,43-50,52H,40-42,51H2,1-12H3/i16D,17D,20D,26D,27D,30D,35D,42D2,43D. The molecule has 1 aliphatic carbocycles. The molecule has 85 heavy (non-hydrogen) atoms. The highest BCUT2D eigenvalue weighted by Crippen LogP contribution is 2.53. The van der Waals surface area contributed by atoms with E-state index in [1.165, 1.54) is 11.1 Å². The van der Waals surface area contributed by atoms with Gasteiger partial charge in [-0.3, -0.25) is 4.57 Å². The fourth-order valence-corrected chi connectivity index (χ4v) is 12.8. The Morgan fingerprint density at radius 3 is 1.94 bits per heavy atom. The fourth-order valence-electron chi connectivity index (χ4n) is 12.8. The Morgan fingerprint density at radius 2 is 1.20 bits per heavy atom. The molecule has 1 aliphatic heterocycles. The van der Waals surface area contributed by atoms with Gasteiger partial charge in [0.15, 0.2) is 0 Å². The van der Waals surface area contributed by atoms with E-state index >= 15 is 0 Å². The molecule has 2 aromatic heterocycles. The molecule has 0 unspecified atom stereocenters. The quantitative estimate of drug-likeness (QED) is 0.129. The van der Waals surface area contributed by atoms with Crippen LogP contribution in [0.3, 0.4) is 0 Å². The van der Waals surface area contributed by atoms with Crippen LogP contribution in [0.5, 0.6) is 11.5 Å². The van der Waals surface area contributed by atoms with Crippen molar-refractivity contribution in [3.8, 4) is 61.8 Å². The third-order valence-electron chi connectivity index (χ3n) is 17.4. The van der Waals surface area contributed by atoms with Crippen LogP contribution in [0.1, 0.15) is 137 Å². The predicted octanol–water partition coefficient (Wildman–Crippen LogP) is 22.0. The van der Waals surface area contributed by atoms with Crippen molar-refractivity contribution in [3.05, 3.63) is 240 Å². The highest BCUT2D eigenvalue weighted by Gasteiger charge is 2.39. The second-order valence-corrected chi connectivity index (χ2v) is 26.8. The highest BCUT2D eigenvalue weighted by atomic mass is 16.5. The summed E-state index contributed by atoms with van der Waals surface area (Å²) >= 11 is 0. The van der Waals surface area contributed by atoms with E-state index in [9.17, 15) is 11.0 Å². The van der Waals surface area contributed by atoms with E-state index in [2.05, 4.69) is 134 Å². The second-order valence-electron chi connectivity index (χ2n) is 26.8. The number of hydrogen-bond acceptors (Lipinski definition) is 4. The first-order valence-electron chi connectivity index (χ1n) is 34.9. The van der Waals surface area contributed by atoms with Crippen molar-refractivity contribution in [1.29, 1.82) is 0 Å². The van der Waals surface area contributed by atoms with E-state index < -0.39 is 18.3 Å². The molecule has 0 fully saturated rings. The van der Waals surface area contributed by atoms with Crippen molar-refractivity contribution in [2.45, 2.75) is 124 Å². The molecular formula is C80H80N4O. The summed E-state index contributed by atoms with van der Waals surface area (Å²) in [6.07, 6.45) is 1.86. The molecule has 0 saturated carbocycles. The third-order valence-corrected chi connectivity index (χ3v) is 17.4. The minimum atomic E-state index is -1.86. The lowest BCUT2D eigenvalue weighted by Crippen LogP contribution is -2.34. The summed E-state index contributed by atoms with van der Waals surface area (Å²) in [5.41, 5.74) is 13.6. The van der Waals surface area contributed by atoms with Gasteiger partial charge in [-0.1, -0.05) is 222 Å². The van der Waals surface area contributed by atoms with Gasteiger partial charge in [0.2, 0.25) is 0 Å². The summed E-state index contributed by atoms with van der Waals surface area (Å²) in [4.78, 5) is 9.61. The van der Waals surface area contributed by atoms with Gasteiger partial charge in [-0.2, -0.15) is 0 Å². The maximum Gasteiger partial charge on any atom is 0.137 e. The van der Waals surface area contributed by atoms with Gasteiger partial charge in [-0.05, 0) is 157 Å². The molecule has 13 rings (SSSR count). The smallest absolute Gasteiger partial charge is 0.137 e. The molecule has 0 atom stereocenters. The van der Waals surface area contributed by atoms with Gasteiger partial charge in [0, 0.05) is 54.2 Å². The average molecular weight is 1120 g/mol. The summed E-state index contributed by atoms with van der Waals surface area (Å²) in [6, 6.07) is 49.8. The zero-order valence-corrected chi connectivity index (χ0v) is 51.0. The van der Waals surface area contributed by atoms with Gasteiger partial charge in [0.1, 0.15) is 24.0 Å². The van der Waals surface area contributed by atoms with Crippen molar-refractivity contribution in [2.24, 2.45) is 5.92 Å². The molecule has 0 radical (unpaired) electrons.